The summed E-state index contributed by atoms with van der Waals surface area (Å²) in [6.45, 7) is 10.0. The molecule has 7 nitrogen and oxygen atoms in total. The van der Waals surface area contributed by atoms with Crippen molar-refractivity contribution in [2.24, 2.45) is 0 Å². The molecule has 2 amide bonds. The molecule has 0 radical (unpaired) electrons. The lowest BCUT2D eigenvalue weighted by molar-refractivity contribution is 0.0697. The first-order chi connectivity index (χ1) is 18.9. The molecule has 3 aromatic carbocycles. The van der Waals surface area contributed by atoms with Gasteiger partial charge in [0.05, 0.1) is 5.56 Å². The predicted molar refractivity (Wildman–Crippen MR) is 156 cm³/mol. The Morgan fingerprint density at radius 2 is 1.54 bits per heavy atom. The van der Waals surface area contributed by atoms with Gasteiger partial charge in [0.15, 0.2) is 0 Å². The smallest absolute Gasteiger partial charge is 0.335 e. The number of aromatic carboxylic acids is 1. The maximum absolute atomic E-state index is 13.6. The molecule has 204 valence electrons. The van der Waals surface area contributed by atoms with Gasteiger partial charge in [0.25, 0.3) is 0 Å². The molecule has 0 bridgehead atoms. The van der Waals surface area contributed by atoms with Crippen molar-refractivity contribution in [3.63, 3.8) is 0 Å². The fraction of sp³-hybridized carbons (Fsp3) is 0.312. The van der Waals surface area contributed by atoms with Crippen LogP contribution in [0.3, 0.4) is 0 Å². The summed E-state index contributed by atoms with van der Waals surface area (Å²) >= 11 is 0. The van der Waals surface area contributed by atoms with Gasteiger partial charge in [-0.05, 0) is 48.4 Å². The molecule has 3 aromatic rings. The van der Waals surface area contributed by atoms with Crippen LogP contribution in [0.4, 0.5) is 10.5 Å². The van der Waals surface area contributed by atoms with Crippen LogP contribution in [0.2, 0.25) is 0 Å². The van der Waals surface area contributed by atoms with Crippen molar-refractivity contribution in [2.45, 2.75) is 12.3 Å². The van der Waals surface area contributed by atoms with Gasteiger partial charge < -0.3 is 20.2 Å². The molecule has 0 aromatic heterocycles. The highest BCUT2D eigenvalue weighted by Gasteiger charge is 2.22. The third-order valence-corrected chi connectivity index (χ3v) is 7.20. The second-order valence-corrected chi connectivity index (χ2v) is 10.2. The van der Waals surface area contributed by atoms with Crippen LogP contribution < -0.4 is 5.32 Å². The summed E-state index contributed by atoms with van der Waals surface area (Å²) in [5.41, 5.74) is 3.97. The number of likely N-dealkylation sites (N-methyl/N-ethyl adjacent to an activating group) is 1. The standard InChI is InChI=1S/C32H38N4O3/c1-25(23-35-20-18-34(2)19-21-35)24-36(32(39)33-29-15-9-14-28(22-29)31(37)38)17-16-30(26-10-5-3-6-11-26)27-12-7-4-8-13-27/h3-15,22,30H,1,16-21,23-24H2,2H3,(H,33,39)(H,37,38). The maximum Gasteiger partial charge on any atom is 0.335 e. The number of urea groups is 1. The quantitative estimate of drug-likeness (QED) is 0.334. The van der Waals surface area contributed by atoms with Crippen molar-refractivity contribution in [3.05, 3.63) is 114 Å². The van der Waals surface area contributed by atoms with Crippen LogP contribution in [0.15, 0.2) is 97.1 Å². The largest absolute Gasteiger partial charge is 0.478 e. The molecule has 1 heterocycles. The summed E-state index contributed by atoms with van der Waals surface area (Å²) in [5.74, 6) is -0.902. The number of hydrogen-bond acceptors (Lipinski definition) is 4. The molecular formula is C32H38N4O3. The monoisotopic (exact) mass is 526 g/mol. The van der Waals surface area contributed by atoms with Crippen LogP contribution in [0.25, 0.3) is 0 Å². The average Bonchev–Trinajstić information content (AvgIpc) is 2.95. The van der Waals surface area contributed by atoms with E-state index in [2.05, 4.69) is 53.0 Å². The lowest BCUT2D eigenvalue weighted by atomic mass is 9.88. The maximum atomic E-state index is 13.6. The summed E-state index contributed by atoms with van der Waals surface area (Å²) in [6.07, 6.45) is 0.735. The number of hydrogen-bond donors (Lipinski definition) is 2. The molecule has 7 heteroatoms. The van der Waals surface area contributed by atoms with Gasteiger partial charge in [0, 0.05) is 57.4 Å². The SMILES string of the molecule is C=C(CN1CCN(C)CC1)CN(CCC(c1ccccc1)c1ccccc1)C(=O)Nc1cccc(C(=O)O)c1. The predicted octanol–water partition coefficient (Wildman–Crippen LogP) is 5.24. The zero-order chi connectivity index (χ0) is 27.6. The van der Waals surface area contributed by atoms with Crippen molar-refractivity contribution in [2.75, 3.05) is 58.2 Å². The van der Waals surface area contributed by atoms with Crippen LogP contribution in [-0.4, -0.2) is 84.7 Å². The van der Waals surface area contributed by atoms with Gasteiger partial charge in [-0.15, -0.1) is 0 Å². The fourth-order valence-corrected chi connectivity index (χ4v) is 5.01. The van der Waals surface area contributed by atoms with E-state index in [1.807, 2.05) is 36.4 Å². The Bertz CT molecular complexity index is 1200. The minimum atomic E-state index is -1.03. The molecule has 0 spiro atoms. The van der Waals surface area contributed by atoms with Gasteiger partial charge in [-0.2, -0.15) is 0 Å². The zero-order valence-corrected chi connectivity index (χ0v) is 22.6. The van der Waals surface area contributed by atoms with Crippen molar-refractivity contribution in [1.29, 1.82) is 0 Å². The van der Waals surface area contributed by atoms with Gasteiger partial charge in [-0.25, -0.2) is 9.59 Å². The number of nitrogens with zero attached hydrogens (tertiary/aromatic N) is 3. The van der Waals surface area contributed by atoms with E-state index < -0.39 is 5.97 Å². The Morgan fingerprint density at radius 3 is 2.13 bits per heavy atom. The number of amides is 2. The van der Waals surface area contributed by atoms with Crippen molar-refractivity contribution >= 4 is 17.7 Å². The van der Waals surface area contributed by atoms with Gasteiger partial charge in [-0.1, -0.05) is 73.3 Å². The van der Waals surface area contributed by atoms with E-state index in [-0.39, 0.29) is 17.5 Å². The number of nitrogens with one attached hydrogen (secondary N) is 1. The van der Waals surface area contributed by atoms with E-state index in [4.69, 9.17) is 0 Å². The minimum absolute atomic E-state index is 0.129. The molecule has 1 aliphatic rings. The van der Waals surface area contributed by atoms with Crippen LogP contribution in [0.5, 0.6) is 0 Å². The lowest BCUT2D eigenvalue weighted by Crippen LogP contribution is -2.46. The third-order valence-electron chi connectivity index (χ3n) is 7.20. The molecule has 1 fully saturated rings. The van der Waals surface area contributed by atoms with Gasteiger partial charge in [-0.3, -0.25) is 4.90 Å². The Morgan fingerprint density at radius 1 is 0.923 bits per heavy atom. The van der Waals surface area contributed by atoms with E-state index in [1.165, 1.54) is 23.3 Å². The summed E-state index contributed by atoms with van der Waals surface area (Å²) < 4.78 is 0. The molecule has 0 unspecified atom stereocenters. The second kappa shape index (κ2) is 13.7. The molecule has 39 heavy (non-hydrogen) atoms. The average molecular weight is 527 g/mol. The first-order valence-electron chi connectivity index (χ1n) is 13.5. The summed E-state index contributed by atoms with van der Waals surface area (Å²) in [6, 6.07) is 26.8. The van der Waals surface area contributed by atoms with E-state index >= 15 is 0 Å². The van der Waals surface area contributed by atoms with E-state index in [0.29, 0.717) is 18.8 Å². The highest BCUT2D eigenvalue weighted by Crippen LogP contribution is 2.28. The molecule has 1 saturated heterocycles. The Balaban J connectivity index is 1.51. The van der Waals surface area contributed by atoms with Gasteiger partial charge in [0.2, 0.25) is 0 Å². The normalized spacial score (nSPS) is 14.2. The molecular weight excluding hydrogens is 488 g/mol. The van der Waals surface area contributed by atoms with Crippen molar-refractivity contribution < 1.29 is 14.7 Å². The molecule has 2 N–H and O–H groups in total. The fourth-order valence-electron chi connectivity index (χ4n) is 5.01. The van der Waals surface area contributed by atoms with Crippen LogP contribution in [0.1, 0.15) is 33.8 Å². The highest BCUT2D eigenvalue weighted by molar-refractivity contribution is 5.93. The number of piperazine rings is 1. The number of rotatable bonds is 11. The van der Waals surface area contributed by atoms with E-state index in [9.17, 15) is 14.7 Å². The third kappa shape index (κ3) is 8.27. The first-order valence-corrected chi connectivity index (χ1v) is 13.5. The molecule has 0 saturated carbocycles. The second-order valence-electron chi connectivity index (χ2n) is 10.2. The van der Waals surface area contributed by atoms with Crippen LogP contribution in [-0.2, 0) is 0 Å². The topological polar surface area (TPSA) is 76.1 Å². The highest BCUT2D eigenvalue weighted by atomic mass is 16.4. The first kappa shape index (κ1) is 28.1. The number of anilines is 1. The number of carbonyl (C=O) groups is 2. The Hall–Kier alpha value is -3.94. The van der Waals surface area contributed by atoms with Crippen LogP contribution in [0, 0.1) is 0 Å². The number of benzene rings is 3. The van der Waals surface area contributed by atoms with E-state index in [1.54, 1.807) is 17.0 Å². The zero-order valence-electron chi connectivity index (χ0n) is 22.6. The lowest BCUT2D eigenvalue weighted by Gasteiger charge is -2.34. The molecule has 0 atom stereocenters. The molecule has 1 aliphatic heterocycles. The summed E-state index contributed by atoms with van der Waals surface area (Å²) in [7, 11) is 2.13. The van der Waals surface area contributed by atoms with Gasteiger partial charge >= 0.3 is 12.0 Å². The van der Waals surface area contributed by atoms with E-state index in [0.717, 1.165) is 44.7 Å². The number of carboxylic acids is 1. The minimum Gasteiger partial charge on any atom is -0.478 e. The van der Waals surface area contributed by atoms with Crippen molar-refractivity contribution in [1.82, 2.24) is 14.7 Å². The number of carbonyl (C=O) groups excluding carboxylic acids is 1. The molecule has 0 aliphatic carbocycles. The summed E-state index contributed by atoms with van der Waals surface area (Å²) in [5, 5.41) is 12.3. The van der Waals surface area contributed by atoms with Gasteiger partial charge in [0.1, 0.15) is 0 Å². The number of carboxylic acid groups (broad SMARTS) is 1. The Labute approximate surface area is 231 Å². The van der Waals surface area contributed by atoms with Crippen molar-refractivity contribution in [3.8, 4) is 0 Å². The molecule has 4 rings (SSSR count). The Kier molecular flexibility index (Phi) is 9.89. The summed E-state index contributed by atoms with van der Waals surface area (Å²) in [4.78, 5) is 31.5. The van der Waals surface area contributed by atoms with Crippen LogP contribution >= 0.6 is 0 Å².